The van der Waals surface area contributed by atoms with Gasteiger partial charge in [-0.1, -0.05) is 0 Å². The van der Waals surface area contributed by atoms with Crippen LogP contribution in [0.25, 0.3) is 11.0 Å². The lowest BCUT2D eigenvalue weighted by Crippen LogP contribution is -2.20. The number of anilines is 3. The number of aromatic nitrogens is 3. The molecule has 1 aromatic carbocycles. The Bertz CT molecular complexity index is 1230. The molecule has 0 atom stereocenters. The monoisotopic (exact) mass is 448 g/mol. The summed E-state index contributed by atoms with van der Waals surface area (Å²) in [6, 6.07) is 1.76. The first kappa shape index (κ1) is 21.4. The van der Waals surface area contributed by atoms with Gasteiger partial charge in [-0.2, -0.15) is 8.78 Å². The highest BCUT2D eigenvalue weighted by molar-refractivity contribution is 6.02. The fraction of sp³-hybridized carbons (Fsp3) is 0.300. The first-order chi connectivity index (χ1) is 15.2. The van der Waals surface area contributed by atoms with Gasteiger partial charge in [0.15, 0.2) is 17.4 Å². The lowest BCUT2D eigenvalue weighted by Gasteiger charge is -2.24. The van der Waals surface area contributed by atoms with Crippen molar-refractivity contribution < 1.29 is 27.5 Å². The van der Waals surface area contributed by atoms with Crippen LogP contribution in [0.4, 0.5) is 30.5 Å². The van der Waals surface area contributed by atoms with Crippen molar-refractivity contribution in [2.45, 2.75) is 26.4 Å². The minimum atomic E-state index is -3.28. The second-order valence-electron chi connectivity index (χ2n) is 7.41. The van der Waals surface area contributed by atoms with E-state index in [1.807, 2.05) is 0 Å². The molecule has 12 heteroatoms. The Morgan fingerprint density at radius 3 is 2.69 bits per heavy atom. The van der Waals surface area contributed by atoms with E-state index in [9.17, 15) is 22.8 Å². The molecule has 0 bridgehead atoms. The summed E-state index contributed by atoms with van der Waals surface area (Å²) in [5.41, 5.74) is 5.87. The zero-order valence-corrected chi connectivity index (χ0v) is 17.1. The molecule has 9 nitrogen and oxygen atoms in total. The average molecular weight is 448 g/mol. The number of hydrogen-bond donors (Lipinski definition) is 3. The van der Waals surface area contributed by atoms with Crippen LogP contribution in [0.15, 0.2) is 18.5 Å². The molecule has 1 aliphatic carbocycles. The number of alkyl halides is 2. The first-order valence-electron chi connectivity index (χ1n) is 9.63. The summed E-state index contributed by atoms with van der Waals surface area (Å²) in [5.74, 6) is -2.61. The molecule has 1 fully saturated rings. The Balaban J connectivity index is 1.84. The van der Waals surface area contributed by atoms with Gasteiger partial charge in [0.2, 0.25) is 11.8 Å². The third-order valence-electron chi connectivity index (χ3n) is 5.16. The van der Waals surface area contributed by atoms with Gasteiger partial charge in [-0.3, -0.25) is 9.59 Å². The molecule has 2 aromatic heterocycles. The molecule has 0 spiro atoms. The molecule has 2 amide bonds. The van der Waals surface area contributed by atoms with Crippen LogP contribution in [-0.2, 0) is 4.79 Å². The molecule has 32 heavy (non-hydrogen) atoms. The molecular weight excluding hydrogens is 429 g/mol. The Hall–Kier alpha value is -3.83. The Morgan fingerprint density at radius 2 is 2.06 bits per heavy atom. The SMILES string of the molecule is Cc1c(N(C)c2c(F)cc(C(N)=O)cc2OC(F)F)nc(NC(=O)C2CC2)c2[nH]cnc12. The summed E-state index contributed by atoms with van der Waals surface area (Å²) >= 11 is 0. The smallest absolute Gasteiger partial charge is 0.387 e. The van der Waals surface area contributed by atoms with Crippen LogP contribution in [0, 0.1) is 18.7 Å². The number of pyridine rings is 1. The number of amides is 2. The van der Waals surface area contributed by atoms with Crippen molar-refractivity contribution >= 4 is 40.2 Å². The fourth-order valence-corrected chi connectivity index (χ4v) is 3.43. The van der Waals surface area contributed by atoms with E-state index in [1.165, 1.54) is 18.3 Å². The average Bonchev–Trinajstić information content (AvgIpc) is 3.45. The summed E-state index contributed by atoms with van der Waals surface area (Å²) < 4.78 is 45.5. The van der Waals surface area contributed by atoms with E-state index in [1.54, 1.807) is 6.92 Å². The molecule has 0 unspecified atom stereocenters. The van der Waals surface area contributed by atoms with Gasteiger partial charge < -0.3 is 25.7 Å². The Kier molecular flexibility index (Phi) is 5.36. The van der Waals surface area contributed by atoms with Gasteiger partial charge in [0.25, 0.3) is 0 Å². The van der Waals surface area contributed by atoms with E-state index in [-0.39, 0.29) is 34.7 Å². The van der Waals surface area contributed by atoms with Crippen molar-refractivity contribution in [3.63, 3.8) is 0 Å². The number of benzene rings is 1. The zero-order valence-electron chi connectivity index (χ0n) is 17.1. The molecule has 168 valence electrons. The van der Waals surface area contributed by atoms with E-state index in [2.05, 4.69) is 25.0 Å². The number of nitrogens with two attached hydrogens (primary N) is 1. The maximum Gasteiger partial charge on any atom is 0.387 e. The number of H-pyrrole nitrogens is 1. The molecule has 0 saturated heterocycles. The van der Waals surface area contributed by atoms with Crippen LogP contribution in [-0.4, -0.2) is 40.4 Å². The number of imidazole rings is 1. The number of ether oxygens (including phenoxy) is 1. The maximum atomic E-state index is 15.0. The number of carbonyl (C=O) groups is 2. The number of aryl methyl sites for hydroxylation is 1. The van der Waals surface area contributed by atoms with Crippen LogP contribution in [0.2, 0.25) is 0 Å². The van der Waals surface area contributed by atoms with E-state index in [0.29, 0.717) is 16.6 Å². The minimum absolute atomic E-state index is 0.0953. The molecule has 4 rings (SSSR count). The summed E-state index contributed by atoms with van der Waals surface area (Å²) in [4.78, 5) is 36.5. The standard InChI is InChI=1S/C20H19F3N6O3/c1-8-13-14(26-7-25-13)17(28-19(31)9-3-4-9)27-18(8)29(2)15-11(21)5-10(16(24)30)6-12(15)32-20(22)23/h5-7,9,20H,3-4H2,1-2H3,(H2,24,30)(H,25,26)(H,27,28,31). The highest BCUT2D eigenvalue weighted by Gasteiger charge is 2.31. The predicted molar refractivity (Wildman–Crippen MR) is 110 cm³/mol. The second-order valence-corrected chi connectivity index (χ2v) is 7.41. The number of primary amides is 1. The van der Waals surface area contributed by atoms with Crippen molar-refractivity contribution in [2.75, 3.05) is 17.3 Å². The molecule has 0 aliphatic heterocycles. The highest BCUT2D eigenvalue weighted by Crippen LogP contribution is 2.40. The van der Waals surface area contributed by atoms with Gasteiger partial charge in [-0.15, -0.1) is 0 Å². The van der Waals surface area contributed by atoms with Gasteiger partial charge >= 0.3 is 6.61 Å². The van der Waals surface area contributed by atoms with Crippen LogP contribution in [0.3, 0.4) is 0 Å². The van der Waals surface area contributed by atoms with E-state index in [0.717, 1.165) is 25.0 Å². The first-order valence-corrected chi connectivity index (χ1v) is 9.63. The zero-order chi connectivity index (χ0) is 23.2. The van der Waals surface area contributed by atoms with Crippen molar-refractivity contribution in [1.29, 1.82) is 0 Å². The Labute approximate surface area is 179 Å². The van der Waals surface area contributed by atoms with Gasteiger partial charge in [-0.25, -0.2) is 14.4 Å². The van der Waals surface area contributed by atoms with E-state index in [4.69, 9.17) is 5.73 Å². The summed E-state index contributed by atoms with van der Waals surface area (Å²) in [5, 5.41) is 2.74. The molecule has 1 saturated carbocycles. The highest BCUT2D eigenvalue weighted by atomic mass is 19.3. The summed E-state index contributed by atoms with van der Waals surface area (Å²) in [7, 11) is 1.39. The minimum Gasteiger partial charge on any atom is -0.432 e. The number of fused-ring (bicyclic) bond motifs is 1. The number of halogens is 3. The quantitative estimate of drug-likeness (QED) is 0.510. The van der Waals surface area contributed by atoms with Crippen LogP contribution >= 0.6 is 0 Å². The number of rotatable bonds is 7. The van der Waals surface area contributed by atoms with Crippen LogP contribution in [0.5, 0.6) is 5.75 Å². The number of carbonyl (C=O) groups excluding carboxylic acids is 2. The number of nitrogens with one attached hydrogen (secondary N) is 2. The second kappa shape index (κ2) is 8.02. The van der Waals surface area contributed by atoms with Crippen molar-refractivity contribution in [2.24, 2.45) is 11.7 Å². The van der Waals surface area contributed by atoms with Crippen LogP contribution < -0.4 is 20.7 Å². The lowest BCUT2D eigenvalue weighted by molar-refractivity contribution is -0.117. The summed E-state index contributed by atoms with van der Waals surface area (Å²) in [6.07, 6.45) is 2.98. The fourth-order valence-electron chi connectivity index (χ4n) is 3.43. The van der Waals surface area contributed by atoms with Gasteiger partial charge in [0.05, 0.1) is 11.8 Å². The van der Waals surface area contributed by atoms with Gasteiger partial charge in [-0.05, 0) is 31.9 Å². The Morgan fingerprint density at radius 1 is 1.34 bits per heavy atom. The third kappa shape index (κ3) is 3.90. The predicted octanol–water partition coefficient (Wildman–Crippen LogP) is 3.22. The molecule has 0 radical (unpaired) electrons. The largest absolute Gasteiger partial charge is 0.432 e. The number of aromatic amines is 1. The van der Waals surface area contributed by atoms with Crippen LogP contribution in [0.1, 0.15) is 28.8 Å². The van der Waals surface area contributed by atoms with Crippen molar-refractivity contribution in [3.8, 4) is 5.75 Å². The molecule has 4 N–H and O–H groups in total. The van der Waals surface area contributed by atoms with Gasteiger partial charge in [0, 0.05) is 24.1 Å². The number of nitrogens with zero attached hydrogens (tertiary/aromatic N) is 3. The lowest BCUT2D eigenvalue weighted by atomic mass is 10.1. The third-order valence-corrected chi connectivity index (χ3v) is 5.16. The molecular formula is C20H19F3N6O3. The van der Waals surface area contributed by atoms with Crippen molar-refractivity contribution in [1.82, 2.24) is 15.0 Å². The number of hydrogen-bond acceptors (Lipinski definition) is 6. The molecule has 3 aromatic rings. The molecule has 2 heterocycles. The summed E-state index contributed by atoms with van der Waals surface area (Å²) in [6.45, 7) is -1.61. The normalized spacial score (nSPS) is 13.4. The van der Waals surface area contributed by atoms with E-state index < -0.39 is 24.1 Å². The topological polar surface area (TPSA) is 126 Å². The van der Waals surface area contributed by atoms with Gasteiger partial charge in [0.1, 0.15) is 17.0 Å². The maximum absolute atomic E-state index is 15.0. The van der Waals surface area contributed by atoms with E-state index >= 15 is 0 Å². The molecule has 1 aliphatic rings. The van der Waals surface area contributed by atoms with Crippen molar-refractivity contribution in [3.05, 3.63) is 35.4 Å².